The Kier molecular flexibility index (Phi) is 3.73. The quantitative estimate of drug-likeness (QED) is 0.802. The van der Waals surface area contributed by atoms with E-state index < -0.39 is 5.91 Å². The molecule has 2 aliphatic heterocycles. The molecule has 1 aliphatic carbocycles. The molecule has 0 saturated heterocycles. The van der Waals surface area contributed by atoms with Crippen LogP contribution in [-0.2, 0) is 4.79 Å². The van der Waals surface area contributed by atoms with Crippen LogP contribution in [0.2, 0.25) is 0 Å². The van der Waals surface area contributed by atoms with Gasteiger partial charge in [0.15, 0.2) is 11.3 Å². The van der Waals surface area contributed by atoms with Crippen LogP contribution in [0.4, 0.5) is 0 Å². The third-order valence-corrected chi connectivity index (χ3v) is 5.78. The summed E-state index contributed by atoms with van der Waals surface area (Å²) >= 11 is 1.33. The Morgan fingerprint density at radius 2 is 2.18 bits per heavy atom. The van der Waals surface area contributed by atoms with Crippen molar-refractivity contribution in [3.05, 3.63) is 45.8 Å². The van der Waals surface area contributed by atoms with Crippen LogP contribution in [0.1, 0.15) is 18.4 Å². The molecule has 3 aliphatic rings. The highest BCUT2D eigenvalue weighted by Gasteiger charge is 2.40. The summed E-state index contributed by atoms with van der Waals surface area (Å²) < 4.78 is 10.7. The normalized spacial score (nSPS) is 20.5. The molecule has 1 N–H and O–H groups in total. The first kappa shape index (κ1) is 16.9. The van der Waals surface area contributed by atoms with Gasteiger partial charge in [-0.05, 0) is 42.8 Å². The van der Waals surface area contributed by atoms with Crippen molar-refractivity contribution in [2.45, 2.75) is 12.8 Å². The average Bonchev–Trinajstić information content (AvgIpc) is 3.46. The Labute approximate surface area is 163 Å². The number of carbonyl (C=O) groups excluding carboxylic acids is 1. The van der Waals surface area contributed by atoms with Crippen LogP contribution in [0.5, 0.6) is 5.75 Å². The van der Waals surface area contributed by atoms with E-state index in [1.807, 2.05) is 0 Å². The molecule has 1 amide bonds. The maximum atomic E-state index is 12.8. The zero-order valence-corrected chi connectivity index (χ0v) is 15.6. The number of nitrogens with one attached hydrogen (secondary N) is 1. The first-order valence-electron chi connectivity index (χ1n) is 8.65. The number of ether oxygens (including phenoxy) is 1. The largest absolute Gasteiger partial charge is 0.497 e. The number of methoxy groups -OCH3 is 1. The van der Waals surface area contributed by atoms with Crippen LogP contribution in [-0.4, -0.2) is 34.1 Å². The van der Waals surface area contributed by atoms with Gasteiger partial charge in [0.2, 0.25) is 5.17 Å². The second kappa shape index (κ2) is 6.16. The number of nitrogens with zero attached hydrogens (tertiary/aromatic N) is 3. The summed E-state index contributed by atoms with van der Waals surface area (Å²) in [6.45, 7) is 0. The van der Waals surface area contributed by atoms with Gasteiger partial charge in [-0.1, -0.05) is 0 Å². The minimum atomic E-state index is -0.565. The number of thioether (sulfide) groups is 1. The summed E-state index contributed by atoms with van der Waals surface area (Å²) in [5.41, 5.74) is 0.254. The standard InChI is InChI=1S/C19H14N4O4S/c1-26-11-4-5-12-14(7-11)27-8-10(15(12)24)6-13-16(20)23-19(21-17(13)25)28-18(22-23)9-2-3-9/h4-9,20H,2-3H2,1H3. The van der Waals surface area contributed by atoms with Crippen molar-refractivity contribution < 1.29 is 13.9 Å². The highest BCUT2D eigenvalue weighted by Crippen LogP contribution is 2.40. The van der Waals surface area contributed by atoms with Crippen molar-refractivity contribution >= 4 is 50.8 Å². The molecule has 2 aromatic rings. The molecule has 1 aromatic carbocycles. The summed E-state index contributed by atoms with van der Waals surface area (Å²) in [7, 11) is 1.53. The van der Waals surface area contributed by atoms with Crippen molar-refractivity contribution in [2.24, 2.45) is 16.0 Å². The number of rotatable bonds is 3. The van der Waals surface area contributed by atoms with Crippen molar-refractivity contribution in [1.82, 2.24) is 5.01 Å². The molecular weight excluding hydrogens is 380 g/mol. The highest BCUT2D eigenvalue weighted by molar-refractivity contribution is 8.27. The lowest BCUT2D eigenvalue weighted by Gasteiger charge is -2.20. The number of aliphatic imine (C=N–C) groups is 1. The van der Waals surface area contributed by atoms with Crippen LogP contribution in [0, 0.1) is 11.3 Å². The van der Waals surface area contributed by atoms with Crippen LogP contribution in [0.3, 0.4) is 0 Å². The Hall–Kier alpha value is -3.20. The Balaban J connectivity index is 1.55. The highest BCUT2D eigenvalue weighted by atomic mass is 32.2. The predicted octanol–water partition coefficient (Wildman–Crippen LogP) is 2.83. The molecule has 9 heteroatoms. The van der Waals surface area contributed by atoms with E-state index >= 15 is 0 Å². The lowest BCUT2D eigenvalue weighted by atomic mass is 10.1. The van der Waals surface area contributed by atoms with Crippen LogP contribution in [0.15, 0.2) is 49.3 Å². The van der Waals surface area contributed by atoms with Gasteiger partial charge in [-0.15, -0.1) is 0 Å². The van der Waals surface area contributed by atoms with E-state index in [9.17, 15) is 9.59 Å². The molecule has 8 nitrogen and oxygen atoms in total. The van der Waals surface area contributed by atoms with Gasteiger partial charge in [-0.3, -0.25) is 15.0 Å². The van der Waals surface area contributed by atoms with Gasteiger partial charge in [0.05, 0.1) is 23.6 Å². The number of hydrogen-bond acceptors (Lipinski definition) is 7. The van der Waals surface area contributed by atoms with Crippen LogP contribution < -0.4 is 10.2 Å². The van der Waals surface area contributed by atoms with Crippen LogP contribution in [0.25, 0.3) is 17.0 Å². The zero-order valence-electron chi connectivity index (χ0n) is 14.8. The molecule has 0 atom stereocenters. The molecule has 1 fully saturated rings. The second-order valence-corrected chi connectivity index (χ2v) is 7.60. The monoisotopic (exact) mass is 394 g/mol. The smallest absolute Gasteiger partial charge is 0.283 e. The number of carbonyl (C=O) groups is 1. The van der Waals surface area contributed by atoms with Gasteiger partial charge in [0.25, 0.3) is 5.91 Å². The molecule has 0 radical (unpaired) electrons. The summed E-state index contributed by atoms with van der Waals surface area (Å²) in [5.74, 6) is 0.319. The number of amidine groups is 2. The summed E-state index contributed by atoms with van der Waals surface area (Å²) in [5, 5.41) is 15.8. The maximum absolute atomic E-state index is 12.8. The molecule has 3 heterocycles. The summed E-state index contributed by atoms with van der Waals surface area (Å²) in [6, 6.07) is 4.89. The summed E-state index contributed by atoms with van der Waals surface area (Å²) in [6.07, 6.45) is 4.75. The van der Waals surface area contributed by atoms with Crippen LogP contribution >= 0.6 is 11.8 Å². The fourth-order valence-electron chi connectivity index (χ4n) is 3.01. The molecule has 1 aromatic heterocycles. The summed E-state index contributed by atoms with van der Waals surface area (Å²) in [4.78, 5) is 29.3. The molecular formula is C19H14N4O4S. The first-order valence-corrected chi connectivity index (χ1v) is 9.46. The van der Waals surface area contributed by atoms with Crippen molar-refractivity contribution in [3.8, 4) is 5.75 Å². The van der Waals surface area contributed by atoms with Gasteiger partial charge < -0.3 is 9.15 Å². The van der Waals surface area contributed by atoms with E-state index in [1.165, 1.54) is 36.2 Å². The first-order chi connectivity index (χ1) is 13.5. The number of hydrazone groups is 1. The molecule has 0 unspecified atom stereocenters. The van der Waals surface area contributed by atoms with E-state index in [0.717, 1.165) is 17.9 Å². The van der Waals surface area contributed by atoms with E-state index in [0.29, 0.717) is 27.8 Å². The van der Waals surface area contributed by atoms with Gasteiger partial charge >= 0.3 is 0 Å². The number of fused-ring (bicyclic) bond motifs is 2. The van der Waals surface area contributed by atoms with Crippen molar-refractivity contribution in [1.29, 1.82) is 5.41 Å². The van der Waals surface area contributed by atoms with E-state index in [2.05, 4.69) is 10.1 Å². The third-order valence-electron chi connectivity index (χ3n) is 4.71. The number of amides is 1. The zero-order chi connectivity index (χ0) is 19.4. The maximum Gasteiger partial charge on any atom is 0.283 e. The molecule has 5 rings (SSSR count). The van der Waals surface area contributed by atoms with Crippen molar-refractivity contribution in [2.75, 3.05) is 7.11 Å². The molecule has 0 bridgehead atoms. The Morgan fingerprint density at radius 1 is 1.36 bits per heavy atom. The van der Waals surface area contributed by atoms with Crippen molar-refractivity contribution in [3.63, 3.8) is 0 Å². The number of benzene rings is 1. The van der Waals surface area contributed by atoms with Gasteiger partial charge in [0, 0.05) is 12.0 Å². The lowest BCUT2D eigenvalue weighted by Crippen LogP contribution is -2.35. The predicted molar refractivity (Wildman–Crippen MR) is 107 cm³/mol. The van der Waals surface area contributed by atoms with Gasteiger partial charge in [0.1, 0.15) is 22.6 Å². The fourth-order valence-corrected chi connectivity index (χ4v) is 4.07. The Morgan fingerprint density at radius 3 is 2.93 bits per heavy atom. The lowest BCUT2D eigenvalue weighted by molar-refractivity contribution is -0.114. The molecule has 140 valence electrons. The topological polar surface area (TPSA) is 108 Å². The van der Waals surface area contributed by atoms with Gasteiger partial charge in [-0.2, -0.15) is 15.1 Å². The SMILES string of the molecule is COc1ccc2c(=O)c(C=C3C(=N)N4N=C(C5CC5)SC4=NC3=O)coc2c1. The van der Waals surface area contributed by atoms with E-state index in [-0.39, 0.29) is 22.4 Å². The van der Waals surface area contributed by atoms with E-state index in [1.54, 1.807) is 18.2 Å². The average molecular weight is 394 g/mol. The third kappa shape index (κ3) is 2.66. The minimum Gasteiger partial charge on any atom is -0.497 e. The second-order valence-electron chi connectivity index (χ2n) is 6.61. The molecule has 1 saturated carbocycles. The molecule has 0 spiro atoms. The Bertz CT molecular complexity index is 1210. The number of hydrogen-bond donors (Lipinski definition) is 1. The van der Waals surface area contributed by atoms with E-state index in [4.69, 9.17) is 14.6 Å². The fraction of sp³-hybridized carbons (Fsp3) is 0.211. The van der Waals surface area contributed by atoms with Gasteiger partial charge in [-0.25, -0.2) is 0 Å². The minimum absolute atomic E-state index is 0.00492. The molecule has 28 heavy (non-hydrogen) atoms.